The van der Waals surface area contributed by atoms with Crippen molar-refractivity contribution in [3.63, 3.8) is 0 Å². The lowest BCUT2D eigenvalue weighted by Gasteiger charge is -2.34. The Hall–Kier alpha value is -1.96. The number of nitrogens with zero attached hydrogens (tertiary/aromatic N) is 2. The minimum absolute atomic E-state index is 0.0488. The molecule has 0 saturated carbocycles. The van der Waals surface area contributed by atoms with Crippen LogP contribution in [-0.2, 0) is 9.53 Å². The lowest BCUT2D eigenvalue weighted by molar-refractivity contribution is -0.139. The van der Waals surface area contributed by atoms with Gasteiger partial charge in [-0.1, -0.05) is 19.1 Å². The van der Waals surface area contributed by atoms with E-state index in [0.29, 0.717) is 11.7 Å². The highest BCUT2D eigenvalue weighted by Gasteiger charge is 2.25. The fraction of sp³-hybridized carbons (Fsp3) is 0.474. The summed E-state index contributed by atoms with van der Waals surface area (Å²) < 4.78 is 11.1. The van der Waals surface area contributed by atoms with Crippen molar-refractivity contribution in [1.29, 1.82) is 0 Å². The van der Waals surface area contributed by atoms with Gasteiger partial charge in [-0.05, 0) is 30.5 Å². The molecule has 1 aromatic heterocycles. The largest absolute Gasteiger partial charge is 0.482 e. The van der Waals surface area contributed by atoms with E-state index < -0.39 is 5.97 Å². The van der Waals surface area contributed by atoms with E-state index in [2.05, 4.69) is 22.2 Å². The van der Waals surface area contributed by atoms with E-state index >= 15 is 0 Å². The minimum atomic E-state index is -0.973. The van der Waals surface area contributed by atoms with Gasteiger partial charge in [0, 0.05) is 25.0 Å². The quantitative estimate of drug-likeness (QED) is 0.801. The molecular formula is C19H24N2O4S. The van der Waals surface area contributed by atoms with Crippen molar-refractivity contribution in [1.82, 2.24) is 9.88 Å². The minimum Gasteiger partial charge on any atom is -0.482 e. The van der Waals surface area contributed by atoms with Gasteiger partial charge < -0.3 is 14.6 Å². The number of morpholine rings is 1. The summed E-state index contributed by atoms with van der Waals surface area (Å²) in [4.78, 5) is 17.5. The predicted molar refractivity (Wildman–Crippen MR) is 100.0 cm³/mol. The summed E-state index contributed by atoms with van der Waals surface area (Å²) in [6.45, 7) is 7.33. The average Bonchev–Trinajstić information content (AvgIpc) is 3.07. The van der Waals surface area contributed by atoms with Gasteiger partial charge in [-0.3, -0.25) is 4.90 Å². The van der Waals surface area contributed by atoms with Gasteiger partial charge in [0.05, 0.1) is 17.3 Å². The van der Waals surface area contributed by atoms with Crippen molar-refractivity contribution in [2.24, 2.45) is 0 Å². The third-order valence-electron chi connectivity index (χ3n) is 4.46. The number of aromatic nitrogens is 1. The maximum atomic E-state index is 10.6. The van der Waals surface area contributed by atoms with Crippen LogP contribution in [0.25, 0.3) is 0 Å². The molecule has 0 aliphatic carbocycles. The molecule has 2 atom stereocenters. The van der Waals surface area contributed by atoms with E-state index in [1.54, 1.807) is 11.3 Å². The summed E-state index contributed by atoms with van der Waals surface area (Å²) >= 11 is 1.66. The SMILES string of the molecule is Cc1nc(C2CN(CC(C)c3ccc(OCC(=O)O)cc3)CCO2)cs1. The Kier molecular flexibility index (Phi) is 6.24. The second-order valence-electron chi connectivity index (χ2n) is 6.56. The van der Waals surface area contributed by atoms with Crippen molar-refractivity contribution < 1.29 is 19.4 Å². The molecule has 1 saturated heterocycles. The lowest BCUT2D eigenvalue weighted by atomic mass is 10.00. The van der Waals surface area contributed by atoms with Crippen LogP contribution in [0.5, 0.6) is 5.75 Å². The maximum Gasteiger partial charge on any atom is 0.341 e. The summed E-state index contributed by atoms with van der Waals surface area (Å²) in [7, 11) is 0. The molecule has 1 fully saturated rings. The summed E-state index contributed by atoms with van der Waals surface area (Å²) in [6.07, 6.45) is 0.0488. The number of carbonyl (C=O) groups is 1. The molecule has 2 heterocycles. The number of hydrogen-bond donors (Lipinski definition) is 1. The first-order chi connectivity index (χ1) is 12.5. The van der Waals surface area contributed by atoms with Crippen LogP contribution in [0.3, 0.4) is 0 Å². The molecule has 0 bridgehead atoms. The number of carboxylic acids is 1. The van der Waals surface area contributed by atoms with Crippen LogP contribution in [0.15, 0.2) is 29.6 Å². The van der Waals surface area contributed by atoms with E-state index in [-0.39, 0.29) is 12.7 Å². The van der Waals surface area contributed by atoms with E-state index in [4.69, 9.17) is 14.6 Å². The molecule has 1 N–H and O–H groups in total. The first kappa shape index (κ1) is 18.8. The monoisotopic (exact) mass is 376 g/mol. The Balaban J connectivity index is 1.55. The number of ether oxygens (including phenoxy) is 2. The zero-order chi connectivity index (χ0) is 18.5. The molecule has 0 amide bonds. The standard InChI is InChI=1S/C19H24N2O4S/c1-13(15-3-5-16(6-4-15)25-11-19(22)23)9-21-7-8-24-18(10-21)17-12-26-14(2)20-17/h3-6,12-13,18H,7-11H2,1-2H3,(H,22,23). The van der Waals surface area contributed by atoms with Crippen molar-refractivity contribution >= 4 is 17.3 Å². The second-order valence-corrected chi connectivity index (χ2v) is 7.63. The highest BCUT2D eigenvalue weighted by Crippen LogP contribution is 2.26. The molecular weight excluding hydrogens is 352 g/mol. The summed E-state index contributed by atoms with van der Waals surface area (Å²) in [5.74, 6) is -0.0345. The molecule has 2 aromatic rings. The zero-order valence-corrected chi connectivity index (χ0v) is 15.9. The van der Waals surface area contributed by atoms with E-state index in [1.165, 1.54) is 5.56 Å². The van der Waals surface area contributed by atoms with Crippen LogP contribution in [0.4, 0.5) is 0 Å². The Morgan fingerprint density at radius 2 is 2.23 bits per heavy atom. The number of hydrogen-bond acceptors (Lipinski definition) is 6. The van der Waals surface area contributed by atoms with Gasteiger partial charge in [-0.15, -0.1) is 11.3 Å². The van der Waals surface area contributed by atoms with Gasteiger partial charge >= 0.3 is 5.97 Å². The van der Waals surface area contributed by atoms with Crippen LogP contribution in [0.1, 0.15) is 35.2 Å². The second kappa shape index (κ2) is 8.62. The number of aryl methyl sites for hydroxylation is 1. The van der Waals surface area contributed by atoms with Gasteiger partial charge in [0.1, 0.15) is 11.9 Å². The highest BCUT2D eigenvalue weighted by molar-refractivity contribution is 7.09. The van der Waals surface area contributed by atoms with Crippen LogP contribution in [-0.4, -0.2) is 53.8 Å². The number of carboxylic acid groups (broad SMARTS) is 1. The molecule has 140 valence electrons. The molecule has 0 radical (unpaired) electrons. The summed E-state index contributed by atoms with van der Waals surface area (Å²) in [5, 5.41) is 11.8. The third kappa shape index (κ3) is 5.03. The molecule has 26 heavy (non-hydrogen) atoms. The Morgan fingerprint density at radius 1 is 1.46 bits per heavy atom. The zero-order valence-electron chi connectivity index (χ0n) is 15.1. The van der Waals surface area contributed by atoms with Gasteiger partial charge in [0.2, 0.25) is 0 Å². The van der Waals surface area contributed by atoms with Gasteiger partial charge in [0.25, 0.3) is 0 Å². The van der Waals surface area contributed by atoms with Gasteiger partial charge in [-0.25, -0.2) is 9.78 Å². The van der Waals surface area contributed by atoms with Crippen LogP contribution >= 0.6 is 11.3 Å². The molecule has 6 nitrogen and oxygen atoms in total. The molecule has 3 rings (SSSR count). The third-order valence-corrected chi connectivity index (χ3v) is 5.25. The number of aliphatic carboxylic acids is 1. The van der Waals surface area contributed by atoms with Crippen LogP contribution in [0.2, 0.25) is 0 Å². The van der Waals surface area contributed by atoms with Crippen molar-refractivity contribution in [3.05, 3.63) is 45.9 Å². The van der Waals surface area contributed by atoms with Crippen molar-refractivity contribution in [2.75, 3.05) is 32.8 Å². The van der Waals surface area contributed by atoms with Crippen molar-refractivity contribution in [3.8, 4) is 5.75 Å². The summed E-state index contributed by atoms with van der Waals surface area (Å²) in [6, 6.07) is 7.66. The van der Waals surface area contributed by atoms with Crippen LogP contribution in [0, 0.1) is 6.92 Å². The highest BCUT2D eigenvalue weighted by atomic mass is 32.1. The Morgan fingerprint density at radius 3 is 2.88 bits per heavy atom. The number of thiazole rings is 1. The molecule has 7 heteroatoms. The van der Waals surface area contributed by atoms with Gasteiger partial charge in [-0.2, -0.15) is 0 Å². The fourth-order valence-corrected chi connectivity index (χ4v) is 3.76. The van der Waals surface area contributed by atoms with E-state index in [1.807, 2.05) is 31.2 Å². The van der Waals surface area contributed by atoms with E-state index in [0.717, 1.165) is 36.9 Å². The molecule has 1 aliphatic rings. The average molecular weight is 376 g/mol. The molecule has 2 unspecified atom stereocenters. The predicted octanol–water partition coefficient (Wildman–Crippen LogP) is 3.09. The summed E-state index contributed by atoms with van der Waals surface area (Å²) in [5.41, 5.74) is 2.24. The molecule has 1 aromatic carbocycles. The van der Waals surface area contributed by atoms with E-state index in [9.17, 15) is 4.79 Å². The molecule has 0 spiro atoms. The molecule has 1 aliphatic heterocycles. The smallest absolute Gasteiger partial charge is 0.341 e. The normalized spacial score (nSPS) is 19.2. The number of benzene rings is 1. The first-order valence-corrected chi connectivity index (χ1v) is 9.60. The Labute approximate surface area is 157 Å². The topological polar surface area (TPSA) is 71.9 Å². The fourth-order valence-electron chi connectivity index (χ4n) is 3.11. The Bertz CT molecular complexity index is 731. The van der Waals surface area contributed by atoms with Crippen molar-refractivity contribution in [2.45, 2.75) is 25.9 Å². The van der Waals surface area contributed by atoms with Gasteiger partial charge in [0.15, 0.2) is 6.61 Å². The maximum absolute atomic E-state index is 10.6. The number of rotatable bonds is 7. The van der Waals surface area contributed by atoms with Crippen LogP contribution < -0.4 is 4.74 Å². The first-order valence-electron chi connectivity index (χ1n) is 8.72. The lowest BCUT2D eigenvalue weighted by Crippen LogP contribution is -2.40.